The summed E-state index contributed by atoms with van der Waals surface area (Å²) in [6.07, 6.45) is 5.83. The van der Waals surface area contributed by atoms with Crippen molar-refractivity contribution < 1.29 is 4.79 Å². The van der Waals surface area contributed by atoms with E-state index in [-0.39, 0.29) is 5.91 Å². The molecule has 0 bridgehead atoms. The molecule has 0 aromatic heterocycles. The number of hydrogen-bond acceptors (Lipinski definition) is 2. The van der Waals surface area contributed by atoms with Crippen molar-refractivity contribution in [2.75, 3.05) is 20.1 Å². The molecular weight excluding hydrogens is 316 g/mol. The zero-order valence-corrected chi connectivity index (χ0v) is 13.9. The van der Waals surface area contributed by atoms with Crippen molar-refractivity contribution in [2.24, 2.45) is 5.73 Å². The lowest BCUT2D eigenvalue weighted by Crippen LogP contribution is -2.28. The van der Waals surface area contributed by atoms with Crippen molar-refractivity contribution in [3.8, 4) is 0 Å². The summed E-state index contributed by atoms with van der Waals surface area (Å²) in [5.74, 6) is 0.245. The summed E-state index contributed by atoms with van der Waals surface area (Å²) in [6, 6.07) is 8.26. The predicted molar refractivity (Wildman–Crippen MR) is 87.6 cm³/mol. The number of nitrogens with two attached hydrogens (primary N) is 1. The molecule has 0 unspecified atom stereocenters. The SMILES string of the molecule is CN(CCc1ccc(Br)cc1)C(=O)CCCCCCN. The first-order valence-corrected chi connectivity index (χ1v) is 8.11. The van der Waals surface area contributed by atoms with E-state index in [9.17, 15) is 4.79 Å². The lowest BCUT2D eigenvalue weighted by atomic mass is 10.1. The van der Waals surface area contributed by atoms with Crippen LogP contribution in [0.25, 0.3) is 0 Å². The zero-order valence-electron chi connectivity index (χ0n) is 12.3. The molecule has 0 saturated carbocycles. The standard InChI is InChI=1S/C16H25BrN2O/c1-19(16(20)6-4-2-3-5-12-18)13-11-14-7-9-15(17)10-8-14/h7-10H,2-6,11-13,18H2,1H3. The Morgan fingerprint density at radius 3 is 2.45 bits per heavy atom. The number of nitrogens with zero attached hydrogens (tertiary/aromatic N) is 1. The average molecular weight is 341 g/mol. The molecule has 2 N–H and O–H groups in total. The van der Waals surface area contributed by atoms with Crippen molar-refractivity contribution in [3.05, 3.63) is 34.3 Å². The Morgan fingerprint density at radius 1 is 1.15 bits per heavy atom. The molecule has 112 valence electrons. The molecule has 20 heavy (non-hydrogen) atoms. The molecule has 1 amide bonds. The Morgan fingerprint density at radius 2 is 1.80 bits per heavy atom. The molecule has 0 aliphatic heterocycles. The number of unbranched alkanes of at least 4 members (excludes halogenated alkanes) is 3. The Labute approximate surface area is 130 Å². The largest absolute Gasteiger partial charge is 0.345 e. The van der Waals surface area contributed by atoms with Crippen molar-refractivity contribution in [2.45, 2.75) is 38.5 Å². The van der Waals surface area contributed by atoms with Crippen molar-refractivity contribution in [1.82, 2.24) is 4.90 Å². The maximum Gasteiger partial charge on any atom is 0.222 e. The molecule has 0 atom stereocenters. The van der Waals surface area contributed by atoms with Crippen LogP contribution >= 0.6 is 15.9 Å². The first kappa shape index (κ1) is 17.2. The second-order valence-corrected chi connectivity index (χ2v) is 6.06. The van der Waals surface area contributed by atoms with E-state index < -0.39 is 0 Å². The molecule has 1 aromatic carbocycles. The van der Waals surface area contributed by atoms with Crippen LogP contribution in [0, 0.1) is 0 Å². The third kappa shape index (κ3) is 7.06. The van der Waals surface area contributed by atoms with Gasteiger partial charge >= 0.3 is 0 Å². The van der Waals surface area contributed by atoms with Gasteiger partial charge in [0.1, 0.15) is 0 Å². The number of benzene rings is 1. The van der Waals surface area contributed by atoms with Crippen LogP contribution in [0.2, 0.25) is 0 Å². The topological polar surface area (TPSA) is 46.3 Å². The second kappa shape index (κ2) is 9.94. The van der Waals surface area contributed by atoms with E-state index in [2.05, 4.69) is 28.1 Å². The zero-order chi connectivity index (χ0) is 14.8. The van der Waals surface area contributed by atoms with E-state index in [0.29, 0.717) is 6.42 Å². The Hall–Kier alpha value is -0.870. The summed E-state index contributed by atoms with van der Waals surface area (Å²) in [6.45, 7) is 1.53. The molecule has 0 aliphatic rings. The highest BCUT2D eigenvalue weighted by molar-refractivity contribution is 9.10. The van der Waals surface area contributed by atoms with Crippen LogP contribution in [-0.4, -0.2) is 30.9 Å². The molecule has 0 fully saturated rings. The summed E-state index contributed by atoms with van der Waals surface area (Å²) in [4.78, 5) is 13.8. The van der Waals surface area contributed by atoms with Crippen molar-refractivity contribution in [1.29, 1.82) is 0 Å². The van der Waals surface area contributed by atoms with Crippen LogP contribution in [0.5, 0.6) is 0 Å². The number of likely N-dealkylation sites (N-methyl/N-ethyl adjacent to an activating group) is 1. The lowest BCUT2D eigenvalue weighted by molar-refractivity contribution is -0.130. The van der Waals surface area contributed by atoms with E-state index in [1.54, 1.807) is 0 Å². The van der Waals surface area contributed by atoms with Crippen LogP contribution in [0.15, 0.2) is 28.7 Å². The maximum absolute atomic E-state index is 11.9. The highest BCUT2D eigenvalue weighted by Gasteiger charge is 2.08. The smallest absolute Gasteiger partial charge is 0.222 e. The molecule has 0 saturated heterocycles. The highest BCUT2D eigenvalue weighted by Crippen LogP contribution is 2.11. The molecular formula is C16H25BrN2O. The van der Waals surface area contributed by atoms with E-state index in [1.165, 1.54) is 5.56 Å². The summed E-state index contributed by atoms with van der Waals surface area (Å²) >= 11 is 3.42. The number of carbonyl (C=O) groups excluding carboxylic acids is 1. The first-order chi connectivity index (χ1) is 9.63. The molecule has 0 radical (unpaired) electrons. The number of amides is 1. The van der Waals surface area contributed by atoms with Gasteiger partial charge < -0.3 is 10.6 Å². The van der Waals surface area contributed by atoms with Gasteiger partial charge in [0.15, 0.2) is 0 Å². The predicted octanol–water partition coefficient (Wildman–Crippen LogP) is 3.36. The van der Waals surface area contributed by atoms with Crippen molar-refractivity contribution in [3.63, 3.8) is 0 Å². The van der Waals surface area contributed by atoms with Gasteiger partial charge in [0.25, 0.3) is 0 Å². The van der Waals surface area contributed by atoms with Gasteiger partial charge in [0, 0.05) is 24.5 Å². The fourth-order valence-electron chi connectivity index (χ4n) is 2.04. The van der Waals surface area contributed by atoms with Gasteiger partial charge in [0.05, 0.1) is 0 Å². The second-order valence-electron chi connectivity index (χ2n) is 5.14. The highest BCUT2D eigenvalue weighted by atomic mass is 79.9. The van der Waals surface area contributed by atoms with E-state index in [0.717, 1.165) is 49.7 Å². The number of carbonyl (C=O) groups is 1. The van der Waals surface area contributed by atoms with Gasteiger partial charge in [-0.1, -0.05) is 40.9 Å². The van der Waals surface area contributed by atoms with E-state index in [1.807, 2.05) is 24.1 Å². The molecule has 0 spiro atoms. The molecule has 0 aliphatic carbocycles. The summed E-state index contributed by atoms with van der Waals surface area (Å²) < 4.78 is 1.09. The van der Waals surface area contributed by atoms with Gasteiger partial charge in [-0.05, 0) is 43.5 Å². The molecule has 4 heteroatoms. The van der Waals surface area contributed by atoms with Gasteiger partial charge in [-0.2, -0.15) is 0 Å². The quantitative estimate of drug-likeness (QED) is 0.700. The molecule has 0 heterocycles. The summed E-state index contributed by atoms with van der Waals surface area (Å²) in [5.41, 5.74) is 6.70. The van der Waals surface area contributed by atoms with Crippen LogP contribution in [0.4, 0.5) is 0 Å². The Bertz CT molecular complexity index is 392. The average Bonchev–Trinajstić information content (AvgIpc) is 2.46. The summed E-state index contributed by atoms with van der Waals surface area (Å²) in [5, 5.41) is 0. The lowest BCUT2D eigenvalue weighted by Gasteiger charge is -2.17. The van der Waals surface area contributed by atoms with Gasteiger partial charge in [-0.25, -0.2) is 0 Å². The summed E-state index contributed by atoms with van der Waals surface area (Å²) in [7, 11) is 1.89. The molecule has 3 nitrogen and oxygen atoms in total. The fraction of sp³-hybridized carbons (Fsp3) is 0.562. The minimum absolute atomic E-state index is 0.245. The normalized spacial score (nSPS) is 10.6. The number of rotatable bonds is 9. The van der Waals surface area contributed by atoms with E-state index >= 15 is 0 Å². The maximum atomic E-state index is 11.9. The number of hydrogen-bond donors (Lipinski definition) is 1. The first-order valence-electron chi connectivity index (χ1n) is 7.32. The van der Waals surface area contributed by atoms with E-state index in [4.69, 9.17) is 5.73 Å². The van der Waals surface area contributed by atoms with Crippen LogP contribution in [0.1, 0.15) is 37.7 Å². The fourth-order valence-corrected chi connectivity index (χ4v) is 2.30. The Kier molecular flexibility index (Phi) is 8.54. The van der Waals surface area contributed by atoms with Crippen LogP contribution < -0.4 is 5.73 Å². The minimum Gasteiger partial charge on any atom is -0.345 e. The number of halogens is 1. The van der Waals surface area contributed by atoms with Crippen LogP contribution in [0.3, 0.4) is 0 Å². The van der Waals surface area contributed by atoms with Gasteiger partial charge in [0.2, 0.25) is 5.91 Å². The third-order valence-electron chi connectivity index (χ3n) is 3.42. The third-order valence-corrected chi connectivity index (χ3v) is 3.95. The molecule has 1 aromatic rings. The minimum atomic E-state index is 0.245. The van der Waals surface area contributed by atoms with Crippen LogP contribution in [-0.2, 0) is 11.2 Å². The van der Waals surface area contributed by atoms with Gasteiger partial charge in [-0.15, -0.1) is 0 Å². The van der Waals surface area contributed by atoms with Crippen molar-refractivity contribution >= 4 is 21.8 Å². The Balaban J connectivity index is 2.19. The van der Waals surface area contributed by atoms with Gasteiger partial charge in [-0.3, -0.25) is 4.79 Å². The molecule has 1 rings (SSSR count). The monoisotopic (exact) mass is 340 g/mol.